The number of hydrogen-bond donors (Lipinski definition) is 0. The van der Waals surface area contributed by atoms with Crippen molar-refractivity contribution in [3.63, 3.8) is 0 Å². The normalized spacial score (nSPS) is 9.74. The van der Waals surface area contributed by atoms with Gasteiger partial charge in [0.2, 0.25) is 5.88 Å². The van der Waals surface area contributed by atoms with Crippen molar-refractivity contribution >= 4 is 0 Å². The topological polar surface area (TPSA) is 74.6 Å². The minimum atomic E-state index is 0.387. The number of nitriles is 2. The molecule has 0 saturated carbocycles. The number of rotatable bonds is 2. The van der Waals surface area contributed by atoms with E-state index in [2.05, 4.69) is 17.2 Å². The van der Waals surface area contributed by atoms with E-state index in [-0.39, 0.29) is 0 Å². The van der Waals surface area contributed by atoms with Crippen LogP contribution in [-0.4, -0.2) is 9.78 Å². The maximum atomic E-state index is 9.12. The average molecular weight is 252 g/mol. The third-order valence-electron chi connectivity index (χ3n) is 2.81. The molecule has 5 nitrogen and oxygen atoms in total. The fourth-order valence-electron chi connectivity index (χ4n) is 1.77. The average Bonchev–Trinajstić information content (AvgIpc) is 2.66. The van der Waals surface area contributed by atoms with Crippen LogP contribution in [0.2, 0.25) is 0 Å². The fraction of sp³-hybridized carbons (Fsp3) is 0.214. The SMILES string of the molecule is Cc1ccc(C#N)cc1Oc1c(C#N)c(C)nn1C. The lowest BCUT2D eigenvalue weighted by Crippen LogP contribution is -1.97. The summed E-state index contributed by atoms with van der Waals surface area (Å²) in [5.74, 6) is 0.941. The van der Waals surface area contributed by atoms with E-state index in [1.807, 2.05) is 13.0 Å². The van der Waals surface area contributed by atoms with E-state index in [4.69, 9.17) is 15.3 Å². The molecule has 2 aromatic rings. The fourth-order valence-corrected chi connectivity index (χ4v) is 1.77. The smallest absolute Gasteiger partial charge is 0.235 e. The van der Waals surface area contributed by atoms with Crippen molar-refractivity contribution in [2.24, 2.45) is 7.05 Å². The summed E-state index contributed by atoms with van der Waals surface area (Å²) < 4.78 is 7.27. The number of ether oxygens (including phenoxy) is 1. The molecule has 0 radical (unpaired) electrons. The third-order valence-corrected chi connectivity index (χ3v) is 2.81. The lowest BCUT2D eigenvalue weighted by molar-refractivity contribution is 0.426. The van der Waals surface area contributed by atoms with Crippen LogP contribution in [0.1, 0.15) is 22.4 Å². The molecule has 0 aliphatic rings. The summed E-state index contributed by atoms with van der Waals surface area (Å²) in [6.07, 6.45) is 0. The summed E-state index contributed by atoms with van der Waals surface area (Å²) in [4.78, 5) is 0. The Morgan fingerprint density at radius 1 is 1.21 bits per heavy atom. The van der Waals surface area contributed by atoms with Gasteiger partial charge >= 0.3 is 0 Å². The van der Waals surface area contributed by atoms with Crippen molar-refractivity contribution < 1.29 is 4.74 Å². The van der Waals surface area contributed by atoms with E-state index in [1.165, 1.54) is 4.68 Å². The van der Waals surface area contributed by atoms with Gasteiger partial charge in [0.05, 0.1) is 17.3 Å². The van der Waals surface area contributed by atoms with E-state index in [0.29, 0.717) is 28.5 Å². The maximum Gasteiger partial charge on any atom is 0.235 e. The molecule has 1 aromatic heterocycles. The predicted octanol–water partition coefficient (Wildman–Crippen LogP) is 2.57. The monoisotopic (exact) mass is 252 g/mol. The van der Waals surface area contributed by atoms with Crippen LogP contribution in [0.4, 0.5) is 0 Å². The molecule has 19 heavy (non-hydrogen) atoms. The zero-order valence-corrected chi connectivity index (χ0v) is 10.9. The second-order valence-electron chi connectivity index (χ2n) is 4.20. The van der Waals surface area contributed by atoms with Crippen LogP contribution < -0.4 is 4.74 Å². The van der Waals surface area contributed by atoms with E-state index < -0.39 is 0 Å². The zero-order valence-electron chi connectivity index (χ0n) is 10.9. The Labute approximate surface area is 111 Å². The largest absolute Gasteiger partial charge is 0.438 e. The summed E-state index contributed by atoms with van der Waals surface area (Å²) in [5, 5.41) is 22.2. The minimum absolute atomic E-state index is 0.387. The van der Waals surface area contributed by atoms with E-state index in [0.717, 1.165) is 5.56 Å². The molecule has 0 saturated heterocycles. The van der Waals surface area contributed by atoms with Crippen LogP contribution >= 0.6 is 0 Å². The highest BCUT2D eigenvalue weighted by atomic mass is 16.5. The van der Waals surface area contributed by atoms with E-state index >= 15 is 0 Å². The first-order valence-electron chi connectivity index (χ1n) is 5.69. The van der Waals surface area contributed by atoms with Crippen LogP contribution in [-0.2, 0) is 7.05 Å². The summed E-state index contributed by atoms with van der Waals surface area (Å²) in [7, 11) is 1.71. The number of aromatic nitrogens is 2. The van der Waals surface area contributed by atoms with Gasteiger partial charge in [-0.1, -0.05) is 6.07 Å². The van der Waals surface area contributed by atoms with Crippen LogP contribution in [0.5, 0.6) is 11.6 Å². The molecule has 0 fully saturated rings. The molecule has 0 bridgehead atoms. The van der Waals surface area contributed by atoms with Gasteiger partial charge in [-0.15, -0.1) is 0 Å². The van der Waals surface area contributed by atoms with Crippen LogP contribution in [0.15, 0.2) is 18.2 Å². The number of benzene rings is 1. The molecule has 1 aromatic carbocycles. The van der Waals surface area contributed by atoms with Gasteiger partial charge in [0.25, 0.3) is 0 Å². The predicted molar refractivity (Wildman–Crippen MR) is 68.6 cm³/mol. The Hall–Kier alpha value is -2.79. The molecule has 0 aliphatic heterocycles. The molecule has 0 aliphatic carbocycles. The Bertz CT molecular complexity index is 716. The van der Waals surface area contributed by atoms with Crippen molar-refractivity contribution in [1.82, 2.24) is 9.78 Å². The molecule has 0 atom stereocenters. The molecule has 5 heteroatoms. The Morgan fingerprint density at radius 3 is 2.58 bits per heavy atom. The molecule has 94 valence electrons. The van der Waals surface area contributed by atoms with E-state index in [9.17, 15) is 0 Å². The van der Waals surface area contributed by atoms with Crippen molar-refractivity contribution in [3.8, 4) is 23.8 Å². The van der Waals surface area contributed by atoms with Gasteiger partial charge in [-0.3, -0.25) is 0 Å². The first kappa shape index (κ1) is 12.7. The van der Waals surface area contributed by atoms with Crippen LogP contribution in [0.25, 0.3) is 0 Å². The van der Waals surface area contributed by atoms with Crippen molar-refractivity contribution in [3.05, 3.63) is 40.6 Å². The van der Waals surface area contributed by atoms with Gasteiger partial charge < -0.3 is 4.74 Å². The molecule has 1 heterocycles. The maximum absolute atomic E-state index is 9.12. The number of nitrogens with zero attached hydrogens (tertiary/aromatic N) is 4. The molecule has 2 rings (SSSR count). The van der Waals surface area contributed by atoms with Gasteiger partial charge in [-0.2, -0.15) is 15.6 Å². The highest BCUT2D eigenvalue weighted by Crippen LogP contribution is 2.29. The molecule has 0 unspecified atom stereocenters. The highest BCUT2D eigenvalue weighted by molar-refractivity contribution is 5.47. The molecule has 0 N–H and O–H groups in total. The summed E-state index contributed by atoms with van der Waals surface area (Å²) in [5.41, 5.74) is 2.43. The van der Waals surface area contributed by atoms with Gasteiger partial charge in [0.1, 0.15) is 17.4 Å². The quantitative estimate of drug-likeness (QED) is 0.823. The zero-order chi connectivity index (χ0) is 14.0. The summed E-state index contributed by atoms with van der Waals surface area (Å²) >= 11 is 0. The van der Waals surface area contributed by atoms with Crippen LogP contribution in [0.3, 0.4) is 0 Å². The van der Waals surface area contributed by atoms with Gasteiger partial charge in [0, 0.05) is 7.05 Å². The van der Waals surface area contributed by atoms with Gasteiger partial charge in [0.15, 0.2) is 0 Å². The van der Waals surface area contributed by atoms with Gasteiger partial charge in [-0.05, 0) is 31.5 Å². The van der Waals surface area contributed by atoms with Gasteiger partial charge in [-0.25, -0.2) is 4.68 Å². The Balaban J connectivity index is 2.48. The van der Waals surface area contributed by atoms with Crippen LogP contribution in [0, 0.1) is 36.5 Å². The third kappa shape index (κ3) is 2.27. The Kier molecular flexibility index (Phi) is 3.22. The van der Waals surface area contributed by atoms with Crippen molar-refractivity contribution in [2.45, 2.75) is 13.8 Å². The molecular weight excluding hydrogens is 240 g/mol. The summed E-state index contributed by atoms with van der Waals surface area (Å²) in [6.45, 7) is 3.63. The second-order valence-corrected chi connectivity index (χ2v) is 4.20. The number of hydrogen-bond acceptors (Lipinski definition) is 4. The highest BCUT2D eigenvalue weighted by Gasteiger charge is 2.16. The van der Waals surface area contributed by atoms with Crippen molar-refractivity contribution in [1.29, 1.82) is 10.5 Å². The minimum Gasteiger partial charge on any atom is -0.438 e. The summed E-state index contributed by atoms with van der Waals surface area (Å²) in [6, 6.07) is 9.33. The molecular formula is C14H12N4O. The first-order valence-corrected chi connectivity index (χ1v) is 5.69. The standard InChI is InChI=1S/C14H12N4O/c1-9-4-5-11(7-15)6-13(9)19-14-12(8-16)10(2)17-18(14)3/h4-6H,1-3H3. The number of aryl methyl sites for hydroxylation is 3. The first-order chi connectivity index (χ1) is 9.06. The molecule has 0 amide bonds. The lowest BCUT2D eigenvalue weighted by atomic mass is 10.1. The van der Waals surface area contributed by atoms with E-state index in [1.54, 1.807) is 26.1 Å². The Morgan fingerprint density at radius 2 is 1.95 bits per heavy atom. The van der Waals surface area contributed by atoms with Crippen molar-refractivity contribution in [2.75, 3.05) is 0 Å². The second kappa shape index (κ2) is 4.83. The lowest BCUT2D eigenvalue weighted by Gasteiger charge is -2.09. The molecule has 0 spiro atoms.